The lowest BCUT2D eigenvalue weighted by molar-refractivity contribution is 0.102. The molecule has 0 spiro atoms. The van der Waals surface area contributed by atoms with Crippen molar-refractivity contribution in [3.8, 4) is 17.2 Å². The van der Waals surface area contributed by atoms with Crippen LogP contribution in [0.25, 0.3) is 5.69 Å². The Kier molecular flexibility index (Phi) is 6.64. The standard InChI is InChI=1S/C24H20ClN5O3S/c25-18-13-20-21(33-12-6-11-32-20)14-19(18)26-24(31)17-9-4-5-10-22(17)34-15-23-27-28-29-30(23)16-7-2-1-3-8-16/h1-5,7-10,13-14H,6,11-12,15H2,(H,26,31). The lowest BCUT2D eigenvalue weighted by atomic mass is 10.2. The quantitative estimate of drug-likeness (QED) is 0.377. The lowest BCUT2D eigenvalue weighted by Gasteiger charge is -2.14. The summed E-state index contributed by atoms with van der Waals surface area (Å²) in [4.78, 5) is 14.0. The molecule has 0 saturated carbocycles. The van der Waals surface area contributed by atoms with Gasteiger partial charge in [0.15, 0.2) is 17.3 Å². The molecule has 172 valence electrons. The smallest absolute Gasteiger partial charge is 0.256 e. The van der Waals surface area contributed by atoms with Gasteiger partial charge in [0, 0.05) is 23.4 Å². The summed E-state index contributed by atoms with van der Waals surface area (Å²) in [6, 6.07) is 20.4. The van der Waals surface area contributed by atoms with E-state index < -0.39 is 0 Å². The van der Waals surface area contributed by atoms with Crippen LogP contribution in [0.2, 0.25) is 5.02 Å². The van der Waals surface area contributed by atoms with Crippen molar-refractivity contribution in [1.82, 2.24) is 20.2 Å². The number of rotatable bonds is 6. The molecule has 2 heterocycles. The average molecular weight is 494 g/mol. The van der Waals surface area contributed by atoms with E-state index in [0.717, 1.165) is 17.0 Å². The van der Waals surface area contributed by atoms with E-state index in [4.69, 9.17) is 21.1 Å². The zero-order valence-electron chi connectivity index (χ0n) is 18.0. The Morgan fingerprint density at radius 2 is 1.76 bits per heavy atom. The first-order chi connectivity index (χ1) is 16.7. The van der Waals surface area contributed by atoms with Crippen LogP contribution < -0.4 is 14.8 Å². The molecular weight excluding hydrogens is 474 g/mol. The number of anilines is 1. The summed E-state index contributed by atoms with van der Waals surface area (Å²) in [5, 5.41) is 15.3. The van der Waals surface area contributed by atoms with Crippen molar-refractivity contribution in [2.24, 2.45) is 0 Å². The number of carbonyl (C=O) groups is 1. The summed E-state index contributed by atoms with van der Waals surface area (Å²) in [6.45, 7) is 1.11. The summed E-state index contributed by atoms with van der Waals surface area (Å²) in [7, 11) is 0. The van der Waals surface area contributed by atoms with Crippen LogP contribution in [0.1, 0.15) is 22.6 Å². The Labute approximate surface area is 205 Å². The molecule has 0 bridgehead atoms. The van der Waals surface area contributed by atoms with E-state index >= 15 is 0 Å². The van der Waals surface area contributed by atoms with Gasteiger partial charge in [-0.2, -0.15) is 4.68 Å². The van der Waals surface area contributed by atoms with Gasteiger partial charge in [-0.1, -0.05) is 41.9 Å². The summed E-state index contributed by atoms with van der Waals surface area (Å²) in [5.41, 5.74) is 1.86. The van der Waals surface area contributed by atoms with Gasteiger partial charge in [0.25, 0.3) is 5.91 Å². The zero-order valence-corrected chi connectivity index (χ0v) is 19.6. The SMILES string of the molecule is O=C(Nc1cc2c(cc1Cl)OCCCO2)c1ccccc1SCc1nnnn1-c1ccccc1. The maximum atomic E-state index is 13.2. The number of benzene rings is 3. The van der Waals surface area contributed by atoms with E-state index in [1.807, 2.05) is 48.5 Å². The van der Waals surface area contributed by atoms with E-state index in [1.165, 1.54) is 11.8 Å². The van der Waals surface area contributed by atoms with Crippen molar-refractivity contribution >= 4 is 35.0 Å². The van der Waals surface area contributed by atoms with Crippen molar-refractivity contribution < 1.29 is 14.3 Å². The Morgan fingerprint density at radius 1 is 1.03 bits per heavy atom. The number of aromatic nitrogens is 4. The second-order valence-electron chi connectivity index (χ2n) is 7.41. The molecule has 0 radical (unpaired) electrons. The van der Waals surface area contributed by atoms with Gasteiger partial charge in [0.2, 0.25) is 0 Å². The average Bonchev–Trinajstić information content (AvgIpc) is 3.22. The molecule has 1 N–H and O–H groups in total. The van der Waals surface area contributed by atoms with Crippen molar-refractivity contribution in [3.63, 3.8) is 0 Å². The molecule has 0 fully saturated rings. The molecule has 1 amide bonds. The first-order valence-electron chi connectivity index (χ1n) is 10.6. The van der Waals surface area contributed by atoms with Crippen LogP contribution in [0.3, 0.4) is 0 Å². The number of thioether (sulfide) groups is 1. The van der Waals surface area contributed by atoms with E-state index in [2.05, 4.69) is 20.8 Å². The molecular formula is C24H20ClN5O3S. The highest BCUT2D eigenvalue weighted by Gasteiger charge is 2.18. The molecule has 1 aromatic heterocycles. The predicted molar refractivity (Wildman–Crippen MR) is 130 cm³/mol. The molecule has 0 atom stereocenters. The monoisotopic (exact) mass is 493 g/mol. The second kappa shape index (κ2) is 10.1. The fourth-order valence-corrected chi connectivity index (χ4v) is 4.61. The van der Waals surface area contributed by atoms with Crippen LogP contribution in [-0.2, 0) is 5.75 Å². The fourth-order valence-electron chi connectivity index (χ4n) is 3.46. The third-order valence-electron chi connectivity index (χ3n) is 5.11. The molecule has 10 heteroatoms. The topological polar surface area (TPSA) is 91.2 Å². The fraction of sp³-hybridized carbons (Fsp3) is 0.167. The number of ether oxygens (including phenoxy) is 2. The van der Waals surface area contributed by atoms with Gasteiger partial charge in [-0.3, -0.25) is 4.79 Å². The van der Waals surface area contributed by atoms with Gasteiger partial charge >= 0.3 is 0 Å². The van der Waals surface area contributed by atoms with Crippen LogP contribution in [0.4, 0.5) is 5.69 Å². The minimum atomic E-state index is -0.276. The number of fused-ring (bicyclic) bond motifs is 1. The molecule has 3 aromatic carbocycles. The first kappa shape index (κ1) is 22.2. The molecule has 5 rings (SSSR count). The Balaban J connectivity index is 1.34. The minimum Gasteiger partial charge on any atom is -0.490 e. The maximum absolute atomic E-state index is 13.2. The molecule has 0 unspecified atom stereocenters. The summed E-state index contributed by atoms with van der Waals surface area (Å²) in [6.07, 6.45) is 0.784. The van der Waals surface area contributed by atoms with Crippen LogP contribution in [-0.4, -0.2) is 39.3 Å². The van der Waals surface area contributed by atoms with Gasteiger partial charge in [0.1, 0.15) is 0 Å². The van der Waals surface area contributed by atoms with Crippen molar-refractivity contribution in [2.45, 2.75) is 17.1 Å². The Hall–Kier alpha value is -3.56. The molecule has 34 heavy (non-hydrogen) atoms. The molecule has 8 nitrogen and oxygen atoms in total. The normalized spacial score (nSPS) is 12.7. The second-order valence-corrected chi connectivity index (χ2v) is 8.84. The molecule has 4 aromatic rings. The molecule has 1 aliphatic rings. The number of nitrogens with zero attached hydrogens (tertiary/aromatic N) is 4. The lowest BCUT2D eigenvalue weighted by Crippen LogP contribution is -2.13. The van der Waals surface area contributed by atoms with Gasteiger partial charge in [0.05, 0.1) is 40.9 Å². The number of nitrogens with one attached hydrogen (secondary N) is 1. The van der Waals surface area contributed by atoms with E-state index in [1.54, 1.807) is 22.9 Å². The van der Waals surface area contributed by atoms with Crippen molar-refractivity contribution in [3.05, 3.63) is 83.1 Å². The van der Waals surface area contributed by atoms with Gasteiger partial charge in [-0.25, -0.2) is 0 Å². The predicted octanol–water partition coefficient (Wildman–Crippen LogP) is 5.02. The highest BCUT2D eigenvalue weighted by Crippen LogP contribution is 2.38. The summed E-state index contributed by atoms with van der Waals surface area (Å²) >= 11 is 7.89. The van der Waals surface area contributed by atoms with Crippen LogP contribution in [0.15, 0.2) is 71.6 Å². The number of hydrogen-bond acceptors (Lipinski definition) is 7. The highest BCUT2D eigenvalue weighted by molar-refractivity contribution is 7.98. The summed E-state index contributed by atoms with van der Waals surface area (Å²) in [5.74, 6) is 2.02. The number of para-hydroxylation sites is 1. The third kappa shape index (κ3) is 4.85. The number of halogens is 1. The number of carbonyl (C=O) groups excluding carboxylic acids is 1. The van der Waals surface area contributed by atoms with E-state index in [0.29, 0.717) is 52.6 Å². The van der Waals surface area contributed by atoms with Crippen LogP contribution in [0, 0.1) is 0 Å². The van der Waals surface area contributed by atoms with Crippen LogP contribution in [0.5, 0.6) is 11.5 Å². The Morgan fingerprint density at radius 3 is 2.59 bits per heavy atom. The van der Waals surface area contributed by atoms with E-state index in [9.17, 15) is 4.79 Å². The third-order valence-corrected chi connectivity index (χ3v) is 6.49. The summed E-state index contributed by atoms with van der Waals surface area (Å²) < 4.78 is 13.1. The molecule has 1 aliphatic heterocycles. The van der Waals surface area contributed by atoms with Crippen molar-refractivity contribution in [2.75, 3.05) is 18.5 Å². The Bertz CT molecular complexity index is 1320. The highest BCUT2D eigenvalue weighted by atomic mass is 35.5. The molecule has 0 saturated heterocycles. The van der Waals surface area contributed by atoms with Gasteiger partial charge in [-0.15, -0.1) is 16.9 Å². The minimum absolute atomic E-state index is 0.276. The van der Waals surface area contributed by atoms with Gasteiger partial charge in [-0.05, 0) is 34.7 Å². The van der Waals surface area contributed by atoms with E-state index in [-0.39, 0.29) is 5.91 Å². The first-order valence-corrected chi connectivity index (χ1v) is 12.0. The maximum Gasteiger partial charge on any atom is 0.256 e. The molecule has 0 aliphatic carbocycles. The van der Waals surface area contributed by atoms with Gasteiger partial charge < -0.3 is 14.8 Å². The van der Waals surface area contributed by atoms with Crippen LogP contribution >= 0.6 is 23.4 Å². The number of amides is 1. The number of tetrazole rings is 1. The van der Waals surface area contributed by atoms with Crippen molar-refractivity contribution in [1.29, 1.82) is 0 Å². The number of hydrogen-bond donors (Lipinski definition) is 1. The zero-order chi connectivity index (χ0) is 23.3. The largest absolute Gasteiger partial charge is 0.490 e.